The molecule has 0 bridgehead atoms. The molecule has 0 aromatic heterocycles. The highest BCUT2D eigenvalue weighted by molar-refractivity contribution is 7.98. The van der Waals surface area contributed by atoms with Crippen LogP contribution in [0.2, 0.25) is 10.0 Å². The van der Waals surface area contributed by atoms with Crippen molar-refractivity contribution in [2.45, 2.75) is 10.6 Å². The van der Waals surface area contributed by atoms with Crippen LogP contribution in [0, 0.1) is 11.2 Å². The Morgan fingerprint density at radius 2 is 1.90 bits per heavy atom. The number of nitrogens with one attached hydrogen (secondary N) is 1. The molecule has 0 aliphatic heterocycles. The molecule has 0 fully saturated rings. The molecule has 104 valence electrons. The second-order valence-corrected chi connectivity index (χ2v) is 5.94. The van der Waals surface area contributed by atoms with Gasteiger partial charge in [0.15, 0.2) is 0 Å². The monoisotopic (exact) mass is 328 g/mol. The zero-order valence-corrected chi connectivity index (χ0v) is 12.6. The first-order valence-corrected chi connectivity index (χ1v) is 7.42. The molecule has 2 nitrogen and oxygen atoms in total. The van der Waals surface area contributed by atoms with Crippen LogP contribution in [-0.4, -0.2) is 5.84 Å². The summed E-state index contributed by atoms with van der Waals surface area (Å²) in [5.41, 5.74) is 6.68. The third kappa shape index (κ3) is 3.66. The van der Waals surface area contributed by atoms with Crippen LogP contribution < -0.4 is 5.73 Å². The first kappa shape index (κ1) is 15.2. The van der Waals surface area contributed by atoms with Gasteiger partial charge in [-0.05, 0) is 35.9 Å². The van der Waals surface area contributed by atoms with Crippen molar-refractivity contribution in [2.24, 2.45) is 5.73 Å². The normalized spacial score (nSPS) is 10.6. The Labute approximate surface area is 130 Å². The van der Waals surface area contributed by atoms with Gasteiger partial charge in [0.05, 0.1) is 10.0 Å². The van der Waals surface area contributed by atoms with Crippen LogP contribution in [0.25, 0.3) is 0 Å². The van der Waals surface area contributed by atoms with Crippen LogP contribution >= 0.6 is 35.0 Å². The minimum atomic E-state index is -0.404. The van der Waals surface area contributed by atoms with E-state index in [-0.39, 0.29) is 5.84 Å². The van der Waals surface area contributed by atoms with E-state index in [1.54, 1.807) is 18.2 Å². The van der Waals surface area contributed by atoms with E-state index in [4.69, 9.17) is 34.3 Å². The summed E-state index contributed by atoms with van der Waals surface area (Å²) in [6.45, 7) is 0. The molecule has 0 radical (unpaired) electrons. The molecule has 2 aromatic carbocycles. The number of rotatable bonds is 4. The molecule has 0 unspecified atom stereocenters. The highest BCUT2D eigenvalue weighted by atomic mass is 35.5. The van der Waals surface area contributed by atoms with Gasteiger partial charge in [0.2, 0.25) is 0 Å². The van der Waals surface area contributed by atoms with Gasteiger partial charge in [-0.3, -0.25) is 5.41 Å². The van der Waals surface area contributed by atoms with Crippen molar-refractivity contribution in [2.75, 3.05) is 0 Å². The van der Waals surface area contributed by atoms with Crippen molar-refractivity contribution >= 4 is 40.8 Å². The average Bonchev–Trinajstić information content (AvgIpc) is 2.41. The topological polar surface area (TPSA) is 49.9 Å². The summed E-state index contributed by atoms with van der Waals surface area (Å²) < 4.78 is 13.2. The van der Waals surface area contributed by atoms with Crippen molar-refractivity contribution < 1.29 is 4.39 Å². The predicted molar refractivity (Wildman–Crippen MR) is 83.4 cm³/mol. The number of hydrogen-bond donors (Lipinski definition) is 2. The van der Waals surface area contributed by atoms with Gasteiger partial charge >= 0.3 is 0 Å². The smallest absolute Gasteiger partial charge is 0.123 e. The van der Waals surface area contributed by atoms with E-state index in [1.807, 2.05) is 6.07 Å². The summed E-state index contributed by atoms with van der Waals surface area (Å²) in [6.07, 6.45) is 0. The SMILES string of the molecule is N=C(N)c1cc(F)ccc1CSc1ccc(Cl)c(Cl)c1. The van der Waals surface area contributed by atoms with Crippen LogP contribution in [-0.2, 0) is 5.75 Å². The fraction of sp³-hybridized carbons (Fsp3) is 0.0714. The van der Waals surface area contributed by atoms with E-state index >= 15 is 0 Å². The Kier molecular flexibility index (Phi) is 4.91. The number of amidine groups is 1. The van der Waals surface area contributed by atoms with Crippen molar-refractivity contribution in [3.05, 3.63) is 63.4 Å². The van der Waals surface area contributed by atoms with Gasteiger partial charge in [0, 0.05) is 16.2 Å². The lowest BCUT2D eigenvalue weighted by Gasteiger charge is -2.09. The zero-order valence-electron chi connectivity index (χ0n) is 10.3. The molecule has 0 amide bonds. The lowest BCUT2D eigenvalue weighted by atomic mass is 10.1. The van der Waals surface area contributed by atoms with Crippen LogP contribution in [0.4, 0.5) is 4.39 Å². The van der Waals surface area contributed by atoms with Crippen LogP contribution in [0.5, 0.6) is 0 Å². The van der Waals surface area contributed by atoms with Crippen molar-refractivity contribution in [1.82, 2.24) is 0 Å². The minimum absolute atomic E-state index is 0.144. The maximum absolute atomic E-state index is 13.2. The molecule has 0 spiro atoms. The molecular formula is C14H11Cl2FN2S. The first-order chi connectivity index (χ1) is 9.47. The molecule has 0 saturated heterocycles. The van der Waals surface area contributed by atoms with Crippen LogP contribution in [0.15, 0.2) is 41.3 Å². The van der Waals surface area contributed by atoms with Crippen molar-refractivity contribution in [3.8, 4) is 0 Å². The molecule has 2 aromatic rings. The van der Waals surface area contributed by atoms with E-state index in [2.05, 4.69) is 0 Å². The zero-order chi connectivity index (χ0) is 14.7. The van der Waals surface area contributed by atoms with E-state index in [0.29, 0.717) is 21.4 Å². The molecular weight excluding hydrogens is 318 g/mol. The number of halogens is 3. The number of nitrogens with two attached hydrogens (primary N) is 1. The van der Waals surface area contributed by atoms with Gasteiger partial charge in [-0.25, -0.2) is 4.39 Å². The average molecular weight is 329 g/mol. The lowest BCUT2D eigenvalue weighted by Crippen LogP contribution is -2.13. The molecule has 20 heavy (non-hydrogen) atoms. The number of benzene rings is 2. The second kappa shape index (κ2) is 6.48. The van der Waals surface area contributed by atoms with Crippen molar-refractivity contribution in [3.63, 3.8) is 0 Å². The number of nitrogen functional groups attached to an aromatic ring is 1. The van der Waals surface area contributed by atoms with Gasteiger partial charge in [-0.1, -0.05) is 29.3 Å². The summed E-state index contributed by atoms with van der Waals surface area (Å²) in [5.74, 6) is 0.0143. The van der Waals surface area contributed by atoms with Gasteiger partial charge in [0.25, 0.3) is 0 Å². The molecule has 3 N–H and O–H groups in total. The molecule has 6 heteroatoms. The lowest BCUT2D eigenvalue weighted by molar-refractivity contribution is 0.627. The number of hydrogen-bond acceptors (Lipinski definition) is 2. The Morgan fingerprint density at radius 3 is 2.55 bits per heavy atom. The standard InChI is InChI=1S/C14H11Cl2FN2S/c15-12-4-3-10(6-13(12)16)20-7-8-1-2-9(17)5-11(8)14(18)19/h1-6H,7H2,(H3,18,19). The summed E-state index contributed by atoms with van der Waals surface area (Å²) in [4.78, 5) is 0.943. The van der Waals surface area contributed by atoms with Gasteiger partial charge in [-0.2, -0.15) is 0 Å². The fourth-order valence-corrected chi connectivity index (χ4v) is 2.96. The Bertz CT molecular complexity index is 662. The van der Waals surface area contributed by atoms with E-state index in [9.17, 15) is 4.39 Å². The Balaban J connectivity index is 2.18. The molecule has 0 aliphatic carbocycles. The van der Waals surface area contributed by atoms with E-state index in [0.717, 1.165) is 10.5 Å². The largest absolute Gasteiger partial charge is 0.384 e. The number of thioether (sulfide) groups is 1. The molecule has 0 atom stereocenters. The summed E-state index contributed by atoms with van der Waals surface area (Å²) in [5, 5.41) is 8.47. The highest BCUT2D eigenvalue weighted by Gasteiger charge is 2.08. The predicted octanol–water partition coefficient (Wildman–Crippen LogP) is 4.71. The quantitative estimate of drug-likeness (QED) is 0.485. The molecule has 0 aliphatic rings. The van der Waals surface area contributed by atoms with Crippen LogP contribution in [0.1, 0.15) is 11.1 Å². The summed E-state index contributed by atoms with van der Waals surface area (Å²) >= 11 is 13.3. The van der Waals surface area contributed by atoms with E-state index in [1.165, 1.54) is 23.9 Å². The maximum atomic E-state index is 13.2. The van der Waals surface area contributed by atoms with Gasteiger partial charge in [0.1, 0.15) is 11.7 Å². The van der Waals surface area contributed by atoms with Gasteiger partial charge in [-0.15, -0.1) is 11.8 Å². The van der Waals surface area contributed by atoms with Crippen molar-refractivity contribution in [1.29, 1.82) is 5.41 Å². The Morgan fingerprint density at radius 1 is 1.15 bits per heavy atom. The second-order valence-electron chi connectivity index (χ2n) is 4.08. The Hall–Kier alpha value is -1.23. The molecule has 2 rings (SSSR count). The third-order valence-corrected chi connectivity index (χ3v) is 4.43. The van der Waals surface area contributed by atoms with Crippen LogP contribution in [0.3, 0.4) is 0 Å². The molecule has 0 saturated carbocycles. The third-order valence-electron chi connectivity index (χ3n) is 2.65. The highest BCUT2D eigenvalue weighted by Crippen LogP contribution is 2.30. The maximum Gasteiger partial charge on any atom is 0.123 e. The van der Waals surface area contributed by atoms with E-state index < -0.39 is 5.82 Å². The first-order valence-electron chi connectivity index (χ1n) is 5.68. The molecule has 0 heterocycles. The summed E-state index contributed by atoms with van der Waals surface area (Å²) in [6, 6.07) is 9.62. The fourth-order valence-electron chi connectivity index (χ4n) is 1.65. The van der Waals surface area contributed by atoms with Gasteiger partial charge < -0.3 is 5.73 Å². The minimum Gasteiger partial charge on any atom is -0.384 e. The summed E-state index contributed by atoms with van der Waals surface area (Å²) in [7, 11) is 0.